The van der Waals surface area contributed by atoms with Crippen LogP contribution < -0.4 is 0 Å². The van der Waals surface area contributed by atoms with Crippen molar-refractivity contribution in [3.63, 3.8) is 0 Å². The van der Waals surface area contributed by atoms with E-state index >= 15 is 0 Å². The van der Waals surface area contributed by atoms with Crippen molar-refractivity contribution in [1.29, 1.82) is 0 Å². The molecule has 1 rings (SSSR count). The number of esters is 1. The molecule has 17 heavy (non-hydrogen) atoms. The summed E-state index contributed by atoms with van der Waals surface area (Å²) in [7, 11) is 3.66. The summed E-state index contributed by atoms with van der Waals surface area (Å²) in [6.07, 6.45) is 1.51. The molecular formula is C11H19N3O3. The van der Waals surface area contributed by atoms with E-state index in [1.165, 1.54) is 6.20 Å². The SMILES string of the molecule is CCOC(=O)c1cnn(C)c1CN(C)CCO. The van der Waals surface area contributed by atoms with Gasteiger partial charge >= 0.3 is 5.97 Å². The van der Waals surface area contributed by atoms with E-state index in [1.807, 2.05) is 11.9 Å². The molecule has 0 bridgehead atoms. The summed E-state index contributed by atoms with van der Waals surface area (Å²) in [5.74, 6) is -0.354. The number of hydrogen-bond donors (Lipinski definition) is 1. The van der Waals surface area contributed by atoms with E-state index in [4.69, 9.17) is 9.84 Å². The fraction of sp³-hybridized carbons (Fsp3) is 0.636. The Morgan fingerprint density at radius 2 is 2.35 bits per heavy atom. The predicted molar refractivity (Wildman–Crippen MR) is 62.6 cm³/mol. The average molecular weight is 241 g/mol. The van der Waals surface area contributed by atoms with Crippen molar-refractivity contribution in [2.24, 2.45) is 7.05 Å². The van der Waals surface area contributed by atoms with Gasteiger partial charge in [0.25, 0.3) is 0 Å². The number of aliphatic hydroxyl groups is 1. The lowest BCUT2D eigenvalue weighted by atomic mass is 10.2. The summed E-state index contributed by atoms with van der Waals surface area (Å²) in [5.41, 5.74) is 1.28. The fourth-order valence-electron chi connectivity index (χ4n) is 1.54. The lowest BCUT2D eigenvalue weighted by Gasteiger charge is -2.16. The minimum absolute atomic E-state index is 0.0864. The van der Waals surface area contributed by atoms with Crippen LogP contribution in [0.25, 0.3) is 0 Å². The van der Waals surface area contributed by atoms with E-state index in [0.717, 1.165) is 5.69 Å². The van der Waals surface area contributed by atoms with Crippen LogP contribution in [0, 0.1) is 0 Å². The molecule has 6 nitrogen and oxygen atoms in total. The minimum atomic E-state index is -0.354. The van der Waals surface area contributed by atoms with E-state index < -0.39 is 0 Å². The molecule has 6 heteroatoms. The van der Waals surface area contributed by atoms with Crippen molar-refractivity contribution >= 4 is 5.97 Å². The molecule has 0 aliphatic carbocycles. The summed E-state index contributed by atoms with van der Waals surface area (Å²) in [5, 5.41) is 12.9. The van der Waals surface area contributed by atoms with Gasteiger partial charge in [0.05, 0.1) is 25.1 Å². The highest BCUT2D eigenvalue weighted by molar-refractivity contribution is 5.90. The molecule has 0 spiro atoms. The van der Waals surface area contributed by atoms with E-state index in [1.54, 1.807) is 18.7 Å². The summed E-state index contributed by atoms with van der Waals surface area (Å²) < 4.78 is 6.62. The molecule has 0 saturated carbocycles. The van der Waals surface area contributed by atoms with Crippen molar-refractivity contribution in [2.75, 3.05) is 26.8 Å². The summed E-state index contributed by atoms with van der Waals surface area (Å²) in [6, 6.07) is 0. The number of aromatic nitrogens is 2. The highest BCUT2D eigenvalue weighted by atomic mass is 16.5. The maximum atomic E-state index is 11.7. The molecule has 1 N–H and O–H groups in total. The van der Waals surface area contributed by atoms with Gasteiger partial charge in [0.15, 0.2) is 0 Å². The lowest BCUT2D eigenvalue weighted by Crippen LogP contribution is -2.24. The van der Waals surface area contributed by atoms with Gasteiger partial charge in [0, 0.05) is 20.1 Å². The topological polar surface area (TPSA) is 67.6 Å². The molecular weight excluding hydrogens is 222 g/mol. The molecule has 0 atom stereocenters. The van der Waals surface area contributed by atoms with Crippen LogP contribution in [0.5, 0.6) is 0 Å². The van der Waals surface area contributed by atoms with Gasteiger partial charge in [-0.05, 0) is 14.0 Å². The molecule has 0 aromatic carbocycles. The van der Waals surface area contributed by atoms with E-state index in [-0.39, 0.29) is 12.6 Å². The Kier molecular flexibility index (Phi) is 5.11. The highest BCUT2D eigenvalue weighted by Gasteiger charge is 2.17. The van der Waals surface area contributed by atoms with Gasteiger partial charge in [0.2, 0.25) is 0 Å². The number of nitrogens with zero attached hydrogens (tertiary/aromatic N) is 3. The standard InChI is InChI=1S/C11H19N3O3/c1-4-17-11(16)9-7-12-14(3)10(9)8-13(2)5-6-15/h7,15H,4-6,8H2,1-3H3. The van der Waals surface area contributed by atoms with Gasteiger partial charge in [-0.2, -0.15) is 5.10 Å². The normalized spacial score (nSPS) is 10.9. The van der Waals surface area contributed by atoms with Gasteiger partial charge in [0.1, 0.15) is 5.56 Å². The molecule has 0 unspecified atom stereocenters. The molecule has 0 radical (unpaired) electrons. The van der Waals surface area contributed by atoms with Crippen molar-refractivity contribution in [2.45, 2.75) is 13.5 Å². The average Bonchev–Trinajstić information content (AvgIpc) is 2.61. The van der Waals surface area contributed by atoms with E-state index in [0.29, 0.717) is 25.3 Å². The molecule has 1 heterocycles. The minimum Gasteiger partial charge on any atom is -0.462 e. The third kappa shape index (κ3) is 3.54. The second-order valence-corrected chi connectivity index (χ2v) is 3.81. The van der Waals surface area contributed by atoms with Crippen LogP contribution in [-0.4, -0.2) is 52.6 Å². The quantitative estimate of drug-likeness (QED) is 0.711. The fourth-order valence-corrected chi connectivity index (χ4v) is 1.54. The number of aliphatic hydroxyl groups excluding tert-OH is 1. The molecule has 0 saturated heterocycles. The molecule has 0 fully saturated rings. The Hall–Kier alpha value is -1.40. The highest BCUT2D eigenvalue weighted by Crippen LogP contribution is 2.11. The van der Waals surface area contributed by atoms with Crippen LogP contribution in [0.2, 0.25) is 0 Å². The van der Waals surface area contributed by atoms with Crippen molar-refractivity contribution in [3.05, 3.63) is 17.5 Å². The maximum absolute atomic E-state index is 11.7. The predicted octanol–water partition coefficient (Wildman–Crippen LogP) is 0.0209. The number of aryl methyl sites for hydroxylation is 1. The zero-order valence-corrected chi connectivity index (χ0v) is 10.5. The van der Waals surface area contributed by atoms with Gasteiger partial charge < -0.3 is 9.84 Å². The Labute approximate surface area is 101 Å². The first-order valence-corrected chi connectivity index (χ1v) is 5.57. The molecule has 1 aromatic heterocycles. The zero-order valence-electron chi connectivity index (χ0n) is 10.5. The van der Waals surface area contributed by atoms with Gasteiger partial charge in [-0.1, -0.05) is 0 Å². The van der Waals surface area contributed by atoms with Crippen molar-refractivity contribution < 1.29 is 14.6 Å². The van der Waals surface area contributed by atoms with Crippen molar-refractivity contribution in [3.8, 4) is 0 Å². The second-order valence-electron chi connectivity index (χ2n) is 3.81. The van der Waals surface area contributed by atoms with Crippen molar-refractivity contribution in [1.82, 2.24) is 14.7 Å². The molecule has 0 aliphatic rings. The second kappa shape index (κ2) is 6.36. The number of hydrogen-bond acceptors (Lipinski definition) is 5. The van der Waals surface area contributed by atoms with Crippen LogP contribution >= 0.6 is 0 Å². The Morgan fingerprint density at radius 3 is 2.94 bits per heavy atom. The molecule has 1 aromatic rings. The smallest absolute Gasteiger partial charge is 0.341 e. The lowest BCUT2D eigenvalue weighted by molar-refractivity contribution is 0.0524. The Bertz CT molecular complexity index is 376. The first-order chi connectivity index (χ1) is 8.10. The third-order valence-electron chi connectivity index (χ3n) is 2.46. The zero-order chi connectivity index (χ0) is 12.8. The van der Waals surface area contributed by atoms with Crippen LogP contribution in [0.3, 0.4) is 0 Å². The summed E-state index contributed by atoms with van der Waals surface area (Å²) in [4.78, 5) is 13.6. The number of carbonyl (C=O) groups is 1. The monoisotopic (exact) mass is 241 g/mol. The van der Waals surface area contributed by atoms with Crippen LogP contribution in [-0.2, 0) is 18.3 Å². The number of carbonyl (C=O) groups excluding carboxylic acids is 1. The maximum Gasteiger partial charge on any atom is 0.341 e. The summed E-state index contributed by atoms with van der Waals surface area (Å²) in [6.45, 7) is 3.30. The third-order valence-corrected chi connectivity index (χ3v) is 2.46. The van der Waals surface area contributed by atoms with Gasteiger partial charge in [-0.25, -0.2) is 4.79 Å². The largest absolute Gasteiger partial charge is 0.462 e. The molecule has 0 aliphatic heterocycles. The summed E-state index contributed by atoms with van der Waals surface area (Å²) >= 11 is 0. The Balaban J connectivity index is 2.82. The van der Waals surface area contributed by atoms with Gasteiger partial charge in [-0.3, -0.25) is 9.58 Å². The number of likely N-dealkylation sites (N-methyl/N-ethyl adjacent to an activating group) is 1. The number of rotatable bonds is 6. The van der Waals surface area contributed by atoms with Crippen LogP contribution in [0.4, 0.5) is 0 Å². The van der Waals surface area contributed by atoms with Crippen LogP contribution in [0.1, 0.15) is 23.0 Å². The first-order valence-electron chi connectivity index (χ1n) is 5.57. The van der Waals surface area contributed by atoms with Crippen LogP contribution in [0.15, 0.2) is 6.20 Å². The van der Waals surface area contributed by atoms with E-state index in [2.05, 4.69) is 5.10 Å². The molecule has 96 valence electrons. The van der Waals surface area contributed by atoms with E-state index in [9.17, 15) is 4.79 Å². The first kappa shape index (κ1) is 13.7. The van der Waals surface area contributed by atoms with Gasteiger partial charge in [-0.15, -0.1) is 0 Å². The number of ether oxygens (including phenoxy) is 1. The molecule has 0 amide bonds. The Morgan fingerprint density at radius 1 is 1.65 bits per heavy atom.